The van der Waals surface area contributed by atoms with Crippen LogP contribution in [0.2, 0.25) is 0 Å². The maximum absolute atomic E-state index is 12.2. The molecule has 3 aromatic rings. The predicted octanol–water partition coefficient (Wildman–Crippen LogP) is 2.90. The highest BCUT2D eigenvalue weighted by Crippen LogP contribution is 2.25. The number of thiophene rings is 1. The molecule has 0 bridgehead atoms. The van der Waals surface area contributed by atoms with Crippen molar-refractivity contribution in [1.29, 1.82) is 0 Å². The van der Waals surface area contributed by atoms with Gasteiger partial charge in [0.1, 0.15) is 16.4 Å². The van der Waals surface area contributed by atoms with Crippen LogP contribution in [0.1, 0.15) is 21.8 Å². The fraction of sp³-hybridized carbons (Fsp3) is 0.222. The van der Waals surface area contributed by atoms with Crippen LogP contribution in [-0.2, 0) is 11.2 Å². The molecule has 0 unspecified atom stereocenters. The van der Waals surface area contributed by atoms with Crippen LogP contribution in [0.15, 0.2) is 34.2 Å². The van der Waals surface area contributed by atoms with E-state index in [1.54, 1.807) is 0 Å². The molecule has 0 aliphatic heterocycles. The van der Waals surface area contributed by atoms with Crippen LogP contribution in [0.4, 0.5) is 8.78 Å². The highest BCUT2D eigenvalue weighted by molar-refractivity contribution is 7.18. The second-order valence-corrected chi connectivity index (χ2v) is 7.10. The number of ether oxygens (including phenoxy) is 1. The molecule has 2 aromatic heterocycles. The number of nitrogens with one attached hydrogen (secondary N) is 2. The molecule has 0 spiro atoms. The zero-order valence-corrected chi connectivity index (χ0v) is 15.8. The van der Waals surface area contributed by atoms with E-state index in [1.165, 1.54) is 41.8 Å². The highest BCUT2D eigenvalue weighted by Gasteiger charge is 2.13. The Hall–Kier alpha value is -3.14. The minimum atomic E-state index is -2.89. The molecule has 0 aliphatic carbocycles. The van der Waals surface area contributed by atoms with Gasteiger partial charge in [-0.25, -0.2) is 10.4 Å². The first-order valence-corrected chi connectivity index (χ1v) is 9.01. The summed E-state index contributed by atoms with van der Waals surface area (Å²) in [4.78, 5) is 32.8. The molecule has 7 nitrogen and oxygen atoms in total. The Morgan fingerprint density at radius 3 is 2.75 bits per heavy atom. The van der Waals surface area contributed by atoms with Crippen molar-refractivity contribution in [2.24, 2.45) is 5.10 Å². The Labute approximate surface area is 162 Å². The highest BCUT2D eigenvalue weighted by atomic mass is 32.1. The summed E-state index contributed by atoms with van der Waals surface area (Å²) >= 11 is 1.40. The maximum atomic E-state index is 12.2. The maximum Gasteiger partial charge on any atom is 0.387 e. The third-order valence-corrected chi connectivity index (χ3v) is 5.03. The number of alkyl halides is 2. The molecule has 1 aromatic carbocycles. The summed E-state index contributed by atoms with van der Waals surface area (Å²) in [5, 5.41) is 4.35. The lowest BCUT2D eigenvalue weighted by atomic mass is 10.2. The van der Waals surface area contributed by atoms with Crippen molar-refractivity contribution in [3.05, 3.63) is 56.4 Å². The van der Waals surface area contributed by atoms with E-state index in [4.69, 9.17) is 0 Å². The van der Waals surface area contributed by atoms with Gasteiger partial charge in [0.15, 0.2) is 0 Å². The van der Waals surface area contributed by atoms with Gasteiger partial charge >= 0.3 is 6.61 Å². The third kappa shape index (κ3) is 4.58. The summed E-state index contributed by atoms with van der Waals surface area (Å²) in [5.74, 6) is -0.179. The number of benzene rings is 1. The number of aryl methyl sites for hydroxylation is 2. The number of carbonyl (C=O) groups excluding carboxylic acids is 1. The Balaban J connectivity index is 1.62. The number of halogens is 2. The normalized spacial score (nSPS) is 11.5. The van der Waals surface area contributed by atoms with Crippen molar-refractivity contribution >= 4 is 33.7 Å². The van der Waals surface area contributed by atoms with Crippen LogP contribution in [0.5, 0.6) is 5.75 Å². The lowest BCUT2D eigenvalue weighted by Gasteiger charge is -2.03. The summed E-state index contributed by atoms with van der Waals surface area (Å²) in [7, 11) is 0. The lowest BCUT2D eigenvalue weighted by molar-refractivity contribution is -0.120. The number of hydrazone groups is 1. The molecular formula is C18H16F2N4O3S. The van der Waals surface area contributed by atoms with Crippen LogP contribution < -0.4 is 15.7 Å². The van der Waals surface area contributed by atoms with Gasteiger partial charge in [-0.2, -0.15) is 13.9 Å². The molecule has 0 radical (unpaired) electrons. The van der Waals surface area contributed by atoms with Crippen LogP contribution >= 0.6 is 11.3 Å². The van der Waals surface area contributed by atoms with E-state index in [2.05, 4.69) is 25.2 Å². The van der Waals surface area contributed by atoms with E-state index in [1.807, 2.05) is 13.8 Å². The number of carbonyl (C=O) groups is 1. The zero-order chi connectivity index (χ0) is 20.3. The zero-order valence-electron chi connectivity index (χ0n) is 15.0. The molecule has 2 N–H and O–H groups in total. The number of aromatic nitrogens is 2. The second kappa shape index (κ2) is 8.26. The lowest BCUT2D eigenvalue weighted by Crippen LogP contribution is -2.23. The van der Waals surface area contributed by atoms with Crippen molar-refractivity contribution in [2.45, 2.75) is 26.9 Å². The fourth-order valence-corrected chi connectivity index (χ4v) is 3.54. The quantitative estimate of drug-likeness (QED) is 0.486. The average molecular weight is 406 g/mol. The molecule has 0 saturated carbocycles. The molecule has 1 amide bonds. The monoisotopic (exact) mass is 406 g/mol. The van der Waals surface area contributed by atoms with Crippen LogP contribution in [0, 0.1) is 13.8 Å². The number of nitrogens with zero attached hydrogens (tertiary/aromatic N) is 2. The van der Waals surface area contributed by atoms with Crippen molar-refractivity contribution in [3.63, 3.8) is 0 Å². The molecule has 0 saturated heterocycles. The molecule has 0 atom stereocenters. The van der Waals surface area contributed by atoms with Gasteiger partial charge in [-0.15, -0.1) is 11.3 Å². The smallest absolute Gasteiger partial charge is 0.387 e. The minimum Gasteiger partial charge on any atom is -0.435 e. The number of fused-ring (bicyclic) bond motifs is 1. The van der Waals surface area contributed by atoms with Gasteiger partial charge in [0, 0.05) is 4.88 Å². The summed E-state index contributed by atoms with van der Waals surface area (Å²) in [6.07, 6.45) is 1.22. The van der Waals surface area contributed by atoms with Crippen LogP contribution in [0.3, 0.4) is 0 Å². The second-order valence-electron chi connectivity index (χ2n) is 5.89. The predicted molar refractivity (Wildman–Crippen MR) is 102 cm³/mol. The largest absolute Gasteiger partial charge is 0.435 e. The van der Waals surface area contributed by atoms with Gasteiger partial charge in [0.2, 0.25) is 5.91 Å². The molecule has 10 heteroatoms. The Morgan fingerprint density at radius 1 is 1.36 bits per heavy atom. The van der Waals surface area contributed by atoms with Gasteiger partial charge in [0.25, 0.3) is 5.56 Å². The van der Waals surface area contributed by atoms with E-state index in [-0.39, 0.29) is 23.6 Å². The van der Waals surface area contributed by atoms with E-state index in [0.29, 0.717) is 15.8 Å². The van der Waals surface area contributed by atoms with Gasteiger partial charge < -0.3 is 9.72 Å². The Morgan fingerprint density at radius 2 is 2.07 bits per heavy atom. The number of H-pyrrole nitrogens is 1. The van der Waals surface area contributed by atoms with E-state index in [0.717, 1.165) is 10.4 Å². The standard InChI is InChI=1S/C18H16F2N4O3S/c1-9-10(2)28-17-15(9)16(26)22-13(23-17)7-14(25)24-21-8-11-3-5-12(6-4-11)27-18(19)20/h3-6,8,18H,7H2,1-2H3,(H,24,25)(H,22,23,26)/b21-8-. The number of amides is 1. The van der Waals surface area contributed by atoms with E-state index in [9.17, 15) is 18.4 Å². The molecule has 28 heavy (non-hydrogen) atoms. The molecule has 0 fully saturated rings. The number of hydrogen-bond acceptors (Lipinski definition) is 6. The molecule has 146 valence electrons. The van der Waals surface area contributed by atoms with Crippen molar-refractivity contribution in [2.75, 3.05) is 0 Å². The van der Waals surface area contributed by atoms with Crippen LogP contribution in [-0.4, -0.2) is 28.7 Å². The summed E-state index contributed by atoms with van der Waals surface area (Å²) in [6.45, 7) is 0.882. The summed E-state index contributed by atoms with van der Waals surface area (Å²) < 4.78 is 28.4. The average Bonchev–Trinajstić information content (AvgIpc) is 2.90. The minimum absolute atomic E-state index is 0.0284. The number of aromatic amines is 1. The van der Waals surface area contributed by atoms with E-state index < -0.39 is 12.5 Å². The molecule has 3 rings (SSSR count). The summed E-state index contributed by atoms with van der Waals surface area (Å²) in [5.41, 5.74) is 3.53. The van der Waals surface area contributed by atoms with Crippen molar-refractivity contribution < 1.29 is 18.3 Å². The SMILES string of the molecule is Cc1sc2nc(CC(=O)N/N=C\c3ccc(OC(F)F)cc3)[nH]c(=O)c2c1C. The molecular weight excluding hydrogens is 390 g/mol. The Kier molecular flexibility index (Phi) is 5.78. The van der Waals surface area contributed by atoms with Gasteiger partial charge in [-0.05, 0) is 49.2 Å². The number of hydrogen-bond donors (Lipinski definition) is 2. The van der Waals surface area contributed by atoms with E-state index >= 15 is 0 Å². The Bertz CT molecular complexity index is 1090. The number of rotatable bonds is 6. The topological polar surface area (TPSA) is 96.4 Å². The molecule has 2 heterocycles. The third-order valence-electron chi connectivity index (χ3n) is 3.92. The first-order chi connectivity index (χ1) is 13.3. The summed E-state index contributed by atoms with van der Waals surface area (Å²) in [6, 6.07) is 5.76. The van der Waals surface area contributed by atoms with Gasteiger partial charge in [-0.1, -0.05) is 0 Å². The fourth-order valence-electron chi connectivity index (χ4n) is 2.49. The van der Waals surface area contributed by atoms with Crippen LogP contribution in [0.25, 0.3) is 10.2 Å². The van der Waals surface area contributed by atoms with Crippen molar-refractivity contribution in [3.8, 4) is 5.75 Å². The van der Waals surface area contributed by atoms with Gasteiger partial charge in [-0.3, -0.25) is 9.59 Å². The van der Waals surface area contributed by atoms with Crippen molar-refractivity contribution in [1.82, 2.24) is 15.4 Å². The first-order valence-electron chi connectivity index (χ1n) is 8.19. The van der Waals surface area contributed by atoms with Gasteiger partial charge in [0.05, 0.1) is 18.0 Å². The first kappa shape index (κ1) is 19.6. The molecule has 0 aliphatic rings.